The van der Waals surface area contributed by atoms with E-state index in [0.717, 1.165) is 43.4 Å². The standard InChI is InChI=1S/C15H22FNO/c1-3-17-13-6-8-15(18,9-7-13)14-5-4-12(16)10-11(14)2/h4-5,10,13,17-18H,3,6-9H2,1-2H3. The fourth-order valence-electron chi connectivity index (χ4n) is 3.01. The van der Waals surface area contributed by atoms with Crippen LogP contribution in [0.1, 0.15) is 43.7 Å². The Balaban J connectivity index is 2.13. The first-order valence-corrected chi connectivity index (χ1v) is 6.77. The number of nitrogens with one attached hydrogen (secondary N) is 1. The summed E-state index contributed by atoms with van der Waals surface area (Å²) in [6.45, 7) is 4.94. The van der Waals surface area contributed by atoms with Gasteiger partial charge in [-0.25, -0.2) is 4.39 Å². The molecule has 100 valence electrons. The second kappa shape index (κ2) is 5.37. The van der Waals surface area contributed by atoms with Gasteiger partial charge in [-0.15, -0.1) is 0 Å². The van der Waals surface area contributed by atoms with Crippen LogP contribution in [0, 0.1) is 12.7 Å². The number of hydrogen-bond acceptors (Lipinski definition) is 2. The molecule has 2 nitrogen and oxygen atoms in total. The average molecular weight is 251 g/mol. The number of aliphatic hydroxyl groups is 1. The summed E-state index contributed by atoms with van der Waals surface area (Å²) >= 11 is 0. The summed E-state index contributed by atoms with van der Waals surface area (Å²) < 4.78 is 13.1. The summed E-state index contributed by atoms with van der Waals surface area (Å²) in [6.07, 6.45) is 3.44. The van der Waals surface area contributed by atoms with Crippen LogP contribution >= 0.6 is 0 Å². The van der Waals surface area contributed by atoms with Gasteiger partial charge < -0.3 is 10.4 Å². The second-order valence-electron chi connectivity index (χ2n) is 5.32. The van der Waals surface area contributed by atoms with Crippen molar-refractivity contribution in [3.05, 3.63) is 35.1 Å². The first-order chi connectivity index (χ1) is 8.55. The van der Waals surface area contributed by atoms with Gasteiger partial charge >= 0.3 is 0 Å². The van der Waals surface area contributed by atoms with Gasteiger partial charge in [-0.2, -0.15) is 0 Å². The van der Waals surface area contributed by atoms with Crippen LogP contribution in [-0.4, -0.2) is 17.7 Å². The van der Waals surface area contributed by atoms with Crippen LogP contribution in [0.25, 0.3) is 0 Å². The molecule has 0 unspecified atom stereocenters. The molecule has 0 atom stereocenters. The summed E-state index contributed by atoms with van der Waals surface area (Å²) in [5, 5.41) is 14.2. The summed E-state index contributed by atoms with van der Waals surface area (Å²) in [5.41, 5.74) is 0.960. The molecule has 0 saturated heterocycles. The highest BCUT2D eigenvalue weighted by molar-refractivity contribution is 5.32. The molecule has 0 radical (unpaired) electrons. The molecule has 2 N–H and O–H groups in total. The third kappa shape index (κ3) is 2.73. The van der Waals surface area contributed by atoms with Gasteiger partial charge in [0, 0.05) is 6.04 Å². The van der Waals surface area contributed by atoms with Crippen LogP contribution in [0.4, 0.5) is 4.39 Å². The fourth-order valence-corrected chi connectivity index (χ4v) is 3.01. The van der Waals surface area contributed by atoms with Crippen LogP contribution in [0.2, 0.25) is 0 Å². The zero-order chi connectivity index (χ0) is 13.2. The number of hydrogen-bond donors (Lipinski definition) is 2. The third-order valence-electron chi connectivity index (χ3n) is 4.00. The van der Waals surface area contributed by atoms with Gasteiger partial charge in [0.15, 0.2) is 0 Å². The highest BCUT2D eigenvalue weighted by atomic mass is 19.1. The number of aryl methyl sites for hydroxylation is 1. The molecule has 1 aromatic carbocycles. The van der Waals surface area contributed by atoms with E-state index in [2.05, 4.69) is 12.2 Å². The predicted octanol–water partition coefficient (Wildman–Crippen LogP) is 2.87. The van der Waals surface area contributed by atoms with Crippen molar-refractivity contribution in [3.8, 4) is 0 Å². The monoisotopic (exact) mass is 251 g/mol. The van der Waals surface area contributed by atoms with Gasteiger partial charge in [0.2, 0.25) is 0 Å². The minimum absolute atomic E-state index is 0.235. The van der Waals surface area contributed by atoms with Gasteiger partial charge in [0.25, 0.3) is 0 Å². The molecule has 0 amide bonds. The minimum Gasteiger partial charge on any atom is -0.385 e. The Morgan fingerprint density at radius 3 is 2.61 bits per heavy atom. The normalized spacial score (nSPS) is 28.3. The second-order valence-corrected chi connectivity index (χ2v) is 5.32. The highest BCUT2D eigenvalue weighted by Gasteiger charge is 2.35. The molecule has 0 spiro atoms. The Labute approximate surface area is 108 Å². The van der Waals surface area contributed by atoms with Gasteiger partial charge in [-0.1, -0.05) is 13.0 Å². The van der Waals surface area contributed by atoms with Gasteiger partial charge in [0.1, 0.15) is 5.82 Å². The smallest absolute Gasteiger partial charge is 0.123 e. The van der Waals surface area contributed by atoms with Crippen LogP contribution in [0.3, 0.4) is 0 Å². The Kier molecular flexibility index (Phi) is 4.03. The summed E-state index contributed by atoms with van der Waals surface area (Å²) in [4.78, 5) is 0. The average Bonchev–Trinajstić information content (AvgIpc) is 2.32. The van der Waals surface area contributed by atoms with E-state index in [9.17, 15) is 9.50 Å². The molecular weight excluding hydrogens is 229 g/mol. The minimum atomic E-state index is -0.774. The molecule has 1 saturated carbocycles. The molecule has 0 heterocycles. The summed E-state index contributed by atoms with van der Waals surface area (Å²) in [6, 6.07) is 5.19. The van der Waals surface area contributed by atoms with E-state index >= 15 is 0 Å². The largest absolute Gasteiger partial charge is 0.385 e. The van der Waals surface area contributed by atoms with E-state index in [0.29, 0.717) is 6.04 Å². The van der Waals surface area contributed by atoms with Crippen molar-refractivity contribution >= 4 is 0 Å². The lowest BCUT2D eigenvalue weighted by Crippen LogP contribution is -2.40. The van der Waals surface area contributed by atoms with Crippen molar-refractivity contribution in [1.29, 1.82) is 0 Å². The Morgan fingerprint density at radius 1 is 1.39 bits per heavy atom. The maximum Gasteiger partial charge on any atom is 0.123 e. The molecule has 1 aliphatic rings. The maximum absolute atomic E-state index is 13.1. The van der Waals surface area contributed by atoms with Crippen molar-refractivity contribution in [2.45, 2.75) is 51.2 Å². The highest BCUT2D eigenvalue weighted by Crippen LogP contribution is 2.38. The van der Waals surface area contributed by atoms with Crippen LogP contribution in [0.5, 0.6) is 0 Å². The van der Waals surface area contributed by atoms with Crippen molar-refractivity contribution < 1.29 is 9.50 Å². The van der Waals surface area contributed by atoms with Crippen LogP contribution in [-0.2, 0) is 5.60 Å². The fraction of sp³-hybridized carbons (Fsp3) is 0.600. The van der Waals surface area contributed by atoms with Crippen LogP contribution < -0.4 is 5.32 Å². The van der Waals surface area contributed by atoms with Crippen molar-refractivity contribution in [1.82, 2.24) is 5.32 Å². The van der Waals surface area contributed by atoms with Gasteiger partial charge in [-0.05, 0) is 62.4 Å². The molecule has 1 aliphatic carbocycles. The van der Waals surface area contributed by atoms with E-state index < -0.39 is 5.60 Å². The van der Waals surface area contributed by atoms with Crippen LogP contribution in [0.15, 0.2) is 18.2 Å². The lowest BCUT2D eigenvalue weighted by atomic mass is 9.76. The van der Waals surface area contributed by atoms with E-state index in [1.807, 2.05) is 6.92 Å². The summed E-state index contributed by atoms with van der Waals surface area (Å²) in [5.74, 6) is -0.235. The van der Waals surface area contributed by atoms with Crippen molar-refractivity contribution in [2.24, 2.45) is 0 Å². The lowest BCUT2D eigenvalue weighted by Gasteiger charge is -2.37. The van der Waals surface area contributed by atoms with Crippen molar-refractivity contribution in [3.63, 3.8) is 0 Å². The topological polar surface area (TPSA) is 32.3 Å². The first kappa shape index (κ1) is 13.5. The third-order valence-corrected chi connectivity index (χ3v) is 4.00. The SMILES string of the molecule is CCNC1CCC(O)(c2ccc(F)cc2C)CC1. The molecule has 0 bridgehead atoms. The Hall–Kier alpha value is -0.930. The Bertz CT molecular complexity index is 411. The Morgan fingerprint density at radius 2 is 2.06 bits per heavy atom. The molecule has 3 heteroatoms. The zero-order valence-corrected chi connectivity index (χ0v) is 11.2. The zero-order valence-electron chi connectivity index (χ0n) is 11.2. The van der Waals surface area contributed by atoms with Gasteiger partial charge in [-0.3, -0.25) is 0 Å². The maximum atomic E-state index is 13.1. The van der Waals surface area contributed by atoms with E-state index in [4.69, 9.17) is 0 Å². The molecular formula is C15H22FNO. The molecule has 1 aromatic rings. The quantitative estimate of drug-likeness (QED) is 0.865. The number of halogens is 1. The van der Waals surface area contributed by atoms with E-state index in [1.165, 1.54) is 12.1 Å². The van der Waals surface area contributed by atoms with Gasteiger partial charge in [0.05, 0.1) is 5.60 Å². The van der Waals surface area contributed by atoms with Crippen molar-refractivity contribution in [2.75, 3.05) is 6.54 Å². The summed E-state index contributed by atoms with van der Waals surface area (Å²) in [7, 11) is 0. The predicted molar refractivity (Wildman–Crippen MR) is 71.0 cm³/mol. The molecule has 0 aliphatic heterocycles. The van der Waals surface area contributed by atoms with E-state index in [1.54, 1.807) is 6.07 Å². The first-order valence-electron chi connectivity index (χ1n) is 6.77. The molecule has 18 heavy (non-hydrogen) atoms. The number of benzene rings is 1. The number of rotatable bonds is 3. The lowest BCUT2D eigenvalue weighted by molar-refractivity contribution is -0.00872. The molecule has 1 fully saturated rings. The van der Waals surface area contributed by atoms with E-state index in [-0.39, 0.29) is 5.82 Å². The molecule has 0 aromatic heterocycles. The molecule has 2 rings (SSSR count).